The van der Waals surface area contributed by atoms with Gasteiger partial charge in [0.2, 0.25) is 0 Å². The fourth-order valence-electron chi connectivity index (χ4n) is 2.25. The Bertz CT molecular complexity index is 597. The van der Waals surface area contributed by atoms with Gasteiger partial charge in [-0.1, -0.05) is 50.2 Å². The number of hydrogen-bond donors (Lipinski definition) is 1. The maximum atomic E-state index is 11.3. The zero-order valence-corrected chi connectivity index (χ0v) is 12.0. The maximum Gasteiger partial charge on any atom is 0.341 e. The third kappa shape index (κ3) is 2.90. The molecular formula is C16H19NO3. The predicted octanol–water partition coefficient (Wildman–Crippen LogP) is 3.80. The second-order valence-corrected chi connectivity index (χ2v) is 5.28. The van der Waals surface area contributed by atoms with Gasteiger partial charge in [0.15, 0.2) is 5.76 Å². The van der Waals surface area contributed by atoms with E-state index in [1.165, 1.54) is 5.56 Å². The largest absolute Gasteiger partial charge is 0.477 e. The van der Waals surface area contributed by atoms with E-state index < -0.39 is 5.97 Å². The minimum Gasteiger partial charge on any atom is -0.477 e. The highest BCUT2D eigenvalue weighted by Crippen LogP contribution is 2.26. The molecule has 0 amide bonds. The average molecular weight is 273 g/mol. The SMILES string of the molecule is CCc1onc(-c2ccc(CC(C)C)cc2)c1C(=O)O. The Morgan fingerprint density at radius 2 is 1.95 bits per heavy atom. The summed E-state index contributed by atoms with van der Waals surface area (Å²) in [4.78, 5) is 11.3. The first kappa shape index (κ1) is 14.3. The number of rotatable bonds is 5. The zero-order valence-electron chi connectivity index (χ0n) is 12.0. The normalized spacial score (nSPS) is 11.0. The number of nitrogens with zero attached hydrogens (tertiary/aromatic N) is 1. The van der Waals surface area contributed by atoms with Crippen molar-refractivity contribution >= 4 is 5.97 Å². The quantitative estimate of drug-likeness (QED) is 0.900. The standard InChI is InChI=1S/C16H19NO3/c1-4-13-14(16(18)19)15(17-20-13)12-7-5-11(6-8-12)9-10(2)3/h5-8,10H,4,9H2,1-3H3,(H,18,19). The first-order chi connectivity index (χ1) is 9.52. The van der Waals surface area contributed by atoms with E-state index in [4.69, 9.17) is 4.52 Å². The topological polar surface area (TPSA) is 63.3 Å². The Morgan fingerprint density at radius 3 is 2.45 bits per heavy atom. The number of carbonyl (C=O) groups is 1. The van der Waals surface area contributed by atoms with Crippen LogP contribution in [0.15, 0.2) is 28.8 Å². The molecule has 1 aromatic heterocycles. The highest BCUT2D eigenvalue weighted by Gasteiger charge is 2.22. The fourth-order valence-corrected chi connectivity index (χ4v) is 2.25. The van der Waals surface area contributed by atoms with E-state index in [0.29, 0.717) is 23.8 Å². The van der Waals surface area contributed by atoms with E-state index in [0.717, 1.165) is 12.0 Å². The Kier molecular flexibility index (Phi) is 4.23. The summed E-state index contributed by atoms with van der Waals surface area (Å²) in [6.07, 6.45) is 1.52. The maximum absolute atomic E-state index is 11.3. The van der Waals surface area contributed by atoms with E-state index in [2.05, 4.69) is 19.0 Å². The van der Waals surface area contributed by atoms with Crippen LogP contribution in [0, 0.1) is 5.92 Å². The number of hydrogen-bond acceptors (Lipinski definition) is 3. The van der Waals surface area contributed by atoms with Gasteiger partial charge in [0.1, 0.15) is 11.3 Å². The first-order valence-corrected chi connectivity index (χ1v) is 6.84. The van der Waals surface area contributed by atoms with Gasteiger partial charge < -0.3 is 9.63 Å². The Balaban J connectivity index is 2.37. The molecule has 0 saturated heterocycles. The summed E-state index contributed by atoms with van der Waals surface area (Å²) < 4.78 is 5.12. The number of aryl methyl sites for hydroxylation is 1. The number of carboxylic acids is 1. The van der Waals surface area contributed by atoms with E-state index in [1.807, 2.05) is 31.2 Å². The molecule has 0 fully saturated rings. The summed E-state index contributed by atoms with van der Waals surface area (Å²) in [7, 11) is 0. The minimum absolute atomic E-state index is 0.170. The molecule has 0 spiro atoms. The summed E-state index contributed by atoms with van der Waals surface area (Å²) in [6.45, 7) is 6.19. The van der Waals surface area contributed by atoms with Gasteiger partial charge in [-0.05, 0) is 17.9 Å². The van der Waals surface area contributed by atoms with Gasteiger partial charge in [-0.3, -0.25) is 0 Å². The van der Waals surface area contributed by atoms with Crippen LogP contribution >= 0.6 is 0 Å². The number of aromatic carboxylic acids is 1. The molecule has 1 aromatic carbocycles. The molecule has 106 valence electrons. The monoisotopic (exact) mass is 273 g/mol. The minimum atomic E-state index is -0.996. The Labute approximate surface area is 118 Å². The van der Waals surface area contributed by atoms with Crippen LogP contribution < -0.4 is 0 Å². The smallest absolute Gasteiger partial charge is 0.341 e. The van der Waals surface area contributed by atoms with Crippen LogP contribution in [-0.2, 0) is 12.8 Å². The molecule has 20 heavy (non-hydrogen) atoms. The Hall–Kier alpha value is -2.10. The van der Waals surface area contributed by atoms with Crippen molar-refractivity contribution in [2.75, 3.05) is 0 Å². The molecule has 1 heterocycles. The van der Waals surface area contributed by atoms with Crippen molar-refractivity contribution < 1.29 is 14.4 Å². The fraction of sp³-hybridized carbons (Fsp3) is 0.375. The lowest BCUT2D eigenvalue weighted by molar-refractivity contribution is 0.0695. The Morgan fingerprint density at radius 1 is 1.30 bits per heavy atom. The van der Waals surface area contributed by atoms with E-state index >= 15 is 0 Å². The van der Waals surface area contributed by atoms with Crippen LogP contribution in [0.4, 0.5) is 0 Å². The van der Waals surface area contributed by atoms with Crippen LogP contribution in [0.5, 0.6) is 0 Å². The van der Waals surface area contributed by atoms with E-state index in [1.54, 1.807) is 0 Å². The van der Waals surface area contributed by atoms with Crippen molar-refractivity contribution in [1.29, 1.82) is 0 Å². The third-order valence-corrected chi connectivity index (χ3v) is 3.17. The highest BCUT2D eigenvalue weighted by molar-refractivity contribution is 5.95. The van der Waals surface area contributed by atoms with Gasteiger partial charge in [0, 0.05) is 12.0 Å². The molecule has 0 aliphatic heterocycles. The van der Waals surface area contributed by atoms with Crippen molar-refractivity contribution in [1.82, 2.24) is 5.16 Å². The molecule has 1 N–H and O–H groups in total. The van der Waals surface area contributed by atoms with Crippen LogP contribution in [0.3, 0.4) is 0 Å². The average Bonchev–Trinajstić information content (AvgIpc) is 2.82. The second kappa shape index (κ2) is 5.90. The number of carboxylic acid groups (broad SMARTS) is 1. The summed E-state index contributed by atoms with van der Waals surface area (Å²) in [5.74, 6) is 0.0114. The molecule has 4 nitrogen and oxygen atoms in total. The number of aromatic nitrogens is 1. The van der Waals surface area contributed by atoms with Gasteiger partial charge >= 0.3 is 5.97 Å². The first-order valence-electron chi connectivity index (χ1n) is 6.84. The zero-order chi connectivity index (χ0) is 14.7. The van der Waals surface area contributed by atoms with E-state index in [9.17, 15) is 9.90 Å². The van der Waals surface area contributed by atoms with Crippen LogP contribution in [-0.4, -0.2) is 16.2 Å². The molecule has 0 aliphatic rings. The molecule has 0 bridgehead atoms. The summed E-state index contributed by atoms with van der Waals surface area (Å²) in [5, 5.41) is 13.2. The lowest BCUT2D eigenvalue weighted by Gasteiger charge is -2.05. The molecule has 0 unspecified atom stereocenters. The van der Waals surface area contributed by atoms with Crippen molar-refractivity contribution in [2.45, 2.75) is 33.6 Å². The molecule has 0 radical (unpaired) electrons. The highest BCUT2D eigenvalue weighted by atomic mass is 16.5. The van der Waals surface area contributed by atoms with Crippen LogP contribution in [0.25, 0.3) is 11.3 Å². The van der Waals surface area contributed by atoms with Gasteiger partial charge in [-0.25, -0.2) is 4.79 Å². The lowest BCUT2D eigenvalue weighted by Crippen LogP contribution is -2.01. The van der Waals surface area contributed by atoms with Gasteiger partial charge in [0.05, 0.1) is 0 Å². The summed E-state index contributed by atoms with van der Waals surface area (Å²) in [5.41, 5.74) is 2.59. The summed E-state index contributed by atoms with van der Waals surface area (Å²) in [6, 6.07) is 7.84. The van der Waals surface area contributed by atoms with Gasteiger partial charge in [-0.15, -0.1) is 0 Å². The van der Waals surface area contributed by atoms with Gasteiger partial charge in [0.25, 0.3) is 0 Å². The molecule has 2 aromatic rings. The molecule has 0 atom stereocenters. The van der Waals surface area contributed by atoms with Crippen molar-refractivity contribution in [2.24, 2.45) is 5.92 Å². The molecule has 4 heteroatoms. The van der Waals surface area contributed by atoms with Gasteiger partial charge in [-0.2, -0.15) is 0 Å². The molecule has 0 aliphatic carbocycles. The molecule has 0 saturated carbocycles. The van der Waals surface area contributed by atoms with Crippen molar-refractivity contribution in [3.63, 3.8) is 0 Å². The lowest BCUT2D eigenvalue weighted by atomic mass is 9.99. The van der Waals surface area contributed by atoms with Crippen LogP contribution in [0.1, 0.15) is 42.5 Å². The van der Waals surface area contributed by atoms with Crippen molar-refractivity contribution in [3.8, 4) is 11.3 Å². The third-order valence-electron chi connectivity index (χ3n) is 3.17. The number of benzene rings is 1. The van der Waals surface area contributed by atoms with Crippen LogP contribution in [0.2, 0.25) is 0 Å². The second-order valence-electron chi connectivity index (χ2n) is 5.28. The molecule has 2 rings (SSSR count). The predicted molar refractivity (Wildman–Crippen MR) is 76.8 cm³/mol. The molecular weight excluding hydrogens is 254 g/mol. The van der Waals surface area contributed by atoms with Crippen molar-refractivity contribution in [3.05, 3.63) is 41.2 Å². The summed E-state index contributed by atoms with van der Waals surface area (Å²) >= 11 is 0. The van der Waals surface area contributed by atoms with E-state index in [-0.39, 0.29) is 5.56 Å².